The fraction of sp³-hybridized carbons (Fsp3) is 0.467. The maximum atomic E-state index is 12.9. The van der Waals surface area contributed by atoms with Crippen molar-refractivity contribution in [1.29, 1.82) is 0 Å². The van der Waals surface area contributed by atoms with Crippen LogP contribution in [0, 0.1) is 0 Å². The molecular formula is C15H19NO5S2. The Morgan fingerprint density at radius 3 is 2.43 bits per heavy atom. The summed E-state index contributed by atoms with van der Waals surface area (Å²) in [4.78, 5) is 26.5. The highest BCUT2D eigenvalue weighted by Crippen LogP contribution is 2.47. The van der Waals surface area contributed by atoms with Gasteiger partial charge in [-0.25, -0.2) is 4.90 Å². The van der Waals surface area contributed by atoms with Gasteiger partial charge in [0, 0.05) is 17.6 Å². The summed E-state index contributed by atoms with van der Waals surface area (Å²) >= 11 is 2.50. The van der Waals surface area contributed by atoms with E-state index in [0.717, 1.165) is 4.90 Å². The van der Waals surface area contributed by atoms with Gasteiger partial charge in [0.2, 0.25) is 5.91 Å². The largest absolute Gasteiger partial charge is 0.497 e. The number of methoxy groups -OCH3 is 1. The Kier molecular flexibility index (Phi) is 6.34. The molecule has 0 unspecified atom stereocenters. The maximum Gasteiger partial charge on any atom is 0.260 e. The molecule has 2 N–H and O–H groups in total. The van der Waals surface area contributed by atoms with Crippen LogP contribution in [0.3, 0.4) is 0 Å². The molecule has 1 saturated heterocycles. The summed E-state index contributed by atoms with van der Waals surface area (Å²) in [5.74, 6) is 0.644. The Hall–Kier alpha value is -1.22. The predicted octanol–water partition coefficient (Wildman–Crippen LogP) is 1.11. The summed E-state index contributed by atoms with van der Waals surface area (Å²) in [5, 5.41) is 18.1. The third-order valence-electron chi connectivity index (χ3n) is 3.33. The Morgan fingerprint density at radius 1 is 1.22 bits per heavy atom. The second-order valence-electron chi connectivity index (χ2n) is 4.81. The van der Waals surface area contributed by atoms with E-state index in [9.17, 15) is 9.59 Å². The van der Waals surface area contributed by atoms with Crippen molar-refractivity contribution in [3.05, 3.63) is 24.3 Å². The average Bonchev–Trinajstić information content (AvgIpc) is 2.82. The lowest BCUT2D eigenvalue weighted by Crippen LogP contribution is -2.37. The molecule has 1 aromatic rings. The summed E-state index contributed by atoms with van der Waals surface area (Å²) in [7, 11) is 1.52. The molecule has 6 nitrogen and oxygen atoms in total. The normalized spacial score (nSPS) is 16.9. The minimum Gasteiger partial charge on any atom is -0.497 e. The summed E-state index contributed by atoms with van der Waals surface area (Å²) in [5.41, 5.74) is 0.468. The first-order valence-corrected chi connectivity index (χ1v) is 9.06. The molecular weight excluding hydrogens is 338 g/mol. The Morgan fingerprint density at radius 2 is 1.87 bits per heavy atom. The molecule has 0 radical (unpaired) electrons. The van der Waals surface area contributed by atoms with Crippen molar-refractivity contribution in [2.75, 3.05) is 36.7 Å². The molecule has 8 heteroatoms. The van der Waals surface area contributed by atoms with E-state index < -0.39 is 4.08 Å². The first-order chi connectivity index (χ1) is 11.1. The van der Waals surface area contributed by atoms with Gasteiger partial charge in [-0.3, -0.25) is 9.59 Å². The fourth-order valence-corrected chi connectivity index (χ4v) is 4.89. The third kappa shape index (κ3) is 3.82. The van der Waals surface area contributed by atoms with Gasteiger partial charge in [0.1, 0.15) is 9.83 Å². The van der Waals surface area contributed by atoms with Crippen LogP contribution in [0.5, 0.6) is 5.75 Å². The number of aliphatic hydroxyl groups is 2. The number of carbonyl (C=O) groups excluding carboxylic acids is 2. The van der Waals surface area contributed by atoms with E-state index >= 15 is 0 Å². The number of nitrogens with zero attached hydrogens (tertiary/aromatic N) is 1. The van der Waals surface area contributed by atoms with Crippen molar-refractivity contribution in [3.8, 4) is 5.75 Å². The highest BCUT2D eigenvalue weighted by molar-refractivity contribution is 8.19. The highest BCUT2D eigenvalue weighted by Gasteiger charge is 2.53. The maximum absolute atomic E-state index is 12.9. The van der Waals surface area contributed by atoms with Crippen LogP contribution in [-0.4, -0.2) is 57.9 Å². The smallest absolute Gasteiger partial charge is 0.260 e. The van der Waals surface area contributed by atoms with Gasteiger partial charge in [-0.15, -0.1) is 23.5 Å². The molecule has 2 amide bonds. The van der Waals surface area contributed by atoms with Crippen molar-refractivity contribution in [1.82, 2.24) is 0 Å². The number of ether oxygens (including phenoxy) is 1. The van der Waals surface area contributed by atoms with Gasteiger partial charge in [0.05, 0.1) is 32.4 Å². The van der Waals surface area contributed by atoms with Crippen LogP contribution in [0.1, 0.15) is 6.42 Å². The lowest BCUT2D eigenvalue weighted by atomic mass is 10.3. The molecule has 0 bridgehead atoms. The molecule has 2 rings (SSSR count). The van der Waals surface area contributed by atoms with Gasteiger partial charge >= 0.3 is 0 Å². The Bertz CT molecular complexity index is 573. The number of thioether (sulfide) groups is 2. The summed E-state index contributed by atoms with van der Waals surface area (Å²) < 4.78 is 4.15. The van der Waals surface area contributed by atoms with Gasteiger partial charge in [-0.05, 0) is 12.1 Å². The topological polar surface area (TPSA) is 87.1 Å². The zero-order valence-corrected chi connectivity index (χ0v) is 14.4. The summed E-state index contributed by atoms with van der Waals surface area (Å²) in [6.07, 6.45) is 0.0401. The van der Waals surface area contributed by atoms with Crippen LogP contribution in [0.2, 0.25) is 0 Å². The molecule has 0 saturated carbocycles. The first kappa shape index (κ1) is 18.1. The van der Waals surface area contributed by atoms with Crippen LogP contribution in [0.4, 0.5) is 5.69 Å². The van der Waals surface area contributed by atoms with Crippen LogP contribution in [0.15, 0.2) is 24.3 Å². The van der Waals surface area contributed by atoms with E-state index in [1.54, 1.807) is 24.3 Å². The minimum absolute atomic E-state index is 0.0401. The van der Waals surface area contributed by atoms with Crippen LogP contribution in [-0.2, 0) is 9.59 Å². The summed E-state index contributed by atoms with van der Waals surface area (Å²) in [6.45, 7) is -0.153. The van der Waals surface area contributed by atoms with Crippen molar-refractivity contribution in [3.63, 3.8) is 0 Å². The Labute approximate surface area is 143 Å². The van der Waals surface area contributed by atoms with Crippen molar-refractivity contribution >= 4 is 41.0 Å². The minimum atomic E-state index is -0.994. The number of imide groups is 1. The molecule has 1 aliphatic rings. The van der Waals surface area contributed by atoms with Crippen molar-refractivity contribution in [2.24, 2.45) is 0 Å². The second kappa shape index (κ2) is 8.05. The monoisotopic (exact) mass is 357 g/mol. The number of aliphatic hydroxyl groups excluding tert-OH is 2. The number of carbonyl (C=O) groups is 2. The van der Waals surface area contributed by atoms with E-state index in [2.05, 4.69) is 0 Å². The fourth-order valence-electron chi connectivity index (χ4n) is 2.34. The molecule has 1 heterocycles. The number of rotatable bonds is 8. The van der Waals surface area contributed by atoms with Gasteiger partial charge < -0.3 is 14.9 Å². The predicted molar refractivity (Wildman–Crippen MR) is 91.9 cm³/mol. The molecule has 0 atom stereocenters. The number of amides is 2. The van der Waals surface area contributed by atoms with E-state index in [4.69, 9.17) is 14.9 Å². The molecule has 23 heavy (non-hydrogen) atoms. The zero-order chi connectivity index (χ0) is 16.9. The standard InChI is InChI=1S/C15H19NO5S2/c1-21-12-4-2-3-11(9-12)16-13(19)10-15(14(16)20,22-7-5-17)23-8-6-18/h2-4,9,17-18H,5-8,10H2,1H3. The number of benzene rings is 1. The highest BCUT2D eigenvalue weighted by atomic mass is 32.2. The van der Waals surface area contributed by atoms with E-state index in [0.29, 0.717) is 22.9 Å². The van der Waals surface area contributed by atoms with Crippen molar-refractivity contribution in [2.45, 2.75) is 10.5 Å². The second-order valence-corrected chi connectivity index (χ2v) is 7.86. The third-order valence-corrected chi connectivity index (χ3v) is 6.38. The van der Waals surface area contributed by atoms with Crippen LogP contribution >= 0.6 is 23.5 Å². The molecule has 0 aromatic heterocycles. The average molecular weight is 357 g/mol. The molecule has 0 aliphatic carbocycles. The lowest BCUT2D eigenvalue weighted by molar-refractivity contribution is -0.121. The van der Waals surface area contributed by atoms with Gasteiger partial charge in [-0.2, -0.15) is 0 Å². The molecule has 0 spiro atoms. The number of hydrogen-bond donors (Lipinski definition) is 2. The quantitative estimate of drug-likeness (QED) is 0.532. The van der Waals surface area contributed by atoms with Crippen LogP contribution < -0.4 is 9.64 Å². The summed E-state index contributed by atoms with van der Waals surface area (Å²) in [6, 6.07) is 6.78. The van der Waals surface area contributed by atoms with Crippen molar-refractivity contribution < 1.29 is 24.5 Å². The first-order valence-electron chi connectivity index (χ1n) is 7.09. The van der Waals surface area contributed by atoms with Crippen LogP contribution in [0.25, 0.3) is 0 Å². The molecule has 1 fully saturated rings. The van der Waals surface area contributed by atoms with E-state index in [1.807, 2.05) is 0 Å². The van der Waals surface area contributed by atoms with Gasteiger partial charge in [-0.1, -0.05) is 6.07 Å². The lowest BCUT2D eigenvalue weighted by Gasteiger charge is -2.25. The van der Waals surface area contributed by atoms with Gasteiger partial charge in [0.25, 0.3) is 5.91 Å². The number of hydrogen-bond acceptors (Lipinski definition) is 7. The van der Waals surface area contributed by atoms with Gasteiger partial charge in [0.15, 0.2) is 0 Å². The molecule has 1 aromatic carbocycles. The van der Waals surface area contributed by atoms with E-state index in [1.165, 1.54) is 30.6 Å². The SMILES string of the molecule is COc1cccc(N2C(=O)CC(SCCO)(SCCO)C2=O)c1. The number of anilines is 1. The Balaban J connectivity index is 2.31. The van der Waals surface area contributed by atoms with E-state index in [-0.39, 0.29) is 31.4 Å². The zero-order valence-electron chi connectivity index (χ0n) is 12.7. The molecule has 1 aliphatic heterocycles. The molecule has 126 valence electrons.